The van der Waals surface area contributed by atoms with Crippen LogP contribution in [-0.2, 0) is 14.6 Å². The zero-order valence-corrected chi connectivity index (χ0v) is 15.6. The highest BCUT2D eigenvalue weighted by atomic mass is 32.2. The molecule has 146 valence electrons. The summed E-state index contributed by atoms with van der Waals surface area (Å²) in [6.45, 7) is 0.356. The van der Waals surface area contributed by atoms with E-state index in [2.05, 4.69) is 10.3 Å². The smallest absolute Gasteiger partial charge is 0.235 e. The zero-order chi connectivity index (χ0) is 20.0. The summed E-state index contributed by atoms with van der Waals surface area (Å²) in [5.41, 5.74) is 0.299. The van der Waals surface area contributed by atoms with Crippen molar-refractivity contribution in [3.8, 4) is 11.4 Å². The van der Waals surface area contributed by atoms with Crippen molar-refractivity contribution in [3.63, 3.8) is 0 Å². The van der Waals surface area contributed by atoms with Crippen LogP contribution >= 0.6 is 0 Å². The summed E-state index contributed by atoms with van der Waals surface area (Å²) >= 11 is 0. The molecular formula is C19H18FN3O4S. The quantitative estimate of drug-likeness (QED) is 0.581. The fraction of sp³-hybridized carbons (Fsp3) is 0.158. The first-order chi connectivity index (χ1) is 13.5. The molecule has 3 rings (SSSR count). The summed E-state index contributed by atoms with van der Waals surface area (Å²) in [5, 5.41) is 2.17. The number of hydrogen-bond acceptors (Lipinski definition) is 5. The molecule has 1 heterocycles. The molecule has 0 fully saturated rings. The molecule has 3 aromatic rings. The Hall–Kier alpha value is -3.20. The molecule has 9 heteroatoms. The zero-order valence-electron chi connectivity index (χ0n) is 14.8. The molecule has 0 spiro atoms. The van der Waals surface area contributed by atoms with Gasteiger partial charge in [-0.25, -0.2) is 17.8 Å². The van der Waals surface area contributed by atoms with Crippen LogP contribution in [0.5, 0.6) is 5.75 Å². The number of halogens is 1. The maximum absolute atomic E-state index is 13.4. The first-order valence-electron chi connectivity index (χ1n) is 8.42. The van der Waals surface area contributed by atoms with Gasteiger partial charge in [0.25, 0.3) is 0 Å². The first-order valence-corrected chi connectivity index (χ1v) is 10.1. The summed E-state index contributed by atoms with van der Waals surface area (Å²) < 4.78 is 45.2. The third-order valence-electron chi connectivity index (χ3n) is 3.73. The molecule has 0 aliphatic carbocycles. The molecule has 0 aliphatic heterocycles. The molecule has 0 bridgehead atoms. The minimum atomic E-state index is -4.02. The Kier molecular flexibility index (Phi) is 6.05. The standard InChI is InChI=1S/C19H18FN3O4S/c20-15-5-4-6-16(13-15)23-11-9-22-19(23)28(25,26)14-18(24)21-10-12-27-17-7-2-1-3-8-17/h1-9,11,13H,10,12,14H2,(H,21,24). The Bertz CT molecular complexity index is 1050. The summed E-state index contributed by atoms with van der Waals surface area (Å²) in [6.07, 6.45) is 2.68. The number of sulfone groups is 1. The predicted octanol–water partition coefficient (Wildman–Crippen LogP) is 1.98. The Morgan fingerprint density at radius 1 is 1.14 bits per heavy atom. The fourth-order valence-corrected chi connectivity index (χ4v) is 3.77. The number of amides is 1. The molecular weight excluding hydrogens is 385 g/mol. The first kappa shape index (κ1) is 19.6. The number of nitrogens with zero attached hydrogens (tertiary/aromatic N) is 2. The van der Waals surface area contributed by atoms with E-state index in [9.17, 15) is 17.6 Å². The average molecular weight is 403 g/mol. The van der Waals surface area contributed by atoms with Crippen LogP contribution in [0.1, 0.15) is 0 Å². The minimum Gasteiger partial charge on any atom is -0.492 e. The SMILES string of the molecule is O=C(CS(=O)(=O)c1nccn1-c1cccc(F)c1)NCCOc1ccccc1. The van der Waals surface area contributed by atoms with E-state index in [1.807, 2.05) is 18.2 Å². The van der Waals surface area contributed by atoms with Crippen LogP contribution in [0.3, 0.4) is 0 Å². The molecule has 7 nitrogen and oxygen atoms in total. The monoisotopic (exact) mass is 403 g/mol. The van der Waals surface area contributed by atoms with Gasteiger partial charge >= 0.3 is 0 Å². The second-order valence-electron chi connectivity index (χ2n) is 5.83. The van der Waals surface area contributed by atoms with Crippen molar-refractivity contribution in [2.75, 3.05) is 18.9 Å². The number of carbonyl (C=O) groups excluding carboxylic acids is 1. The van der Waals surface area contributed by atoms with Crippen molar-refractivity contribution in [1.29, 1.82) is 0 Å². The molecule has 2 aromatic carbocycles. The van der Waals surface area contributed by atoms with Gasteiger partial charge in [-0.15, -0.1) is 0 Å². The van der Waals surface area contributed by atoms with Gasteiger partial charge in [0.1, 0.15) is 23.9 Å². The fourth-order valence-electron chi connectivity index (χ4n) is 2.51. The molecule has 0 radical (unpaired) electrons. The van der Waals surface area contributed by atoms with E-state index in [-0.39, 0.29) is 18.3 Å². The second-order valence-corrected chi connectivity index (χ2v) is 7.71. The largest absolute Gasteiger partial charge is 0.492 e. The Labute approximate surface area is 161 Å². The van der Waals surface area contributed by atoms with Crippen molar-refractivity contribution in [3.05, 3.63) is 72.8 Å². The lowest BCUT2D eigenvalue weighted by atomic mass is 10.3. The van der Waals surface area contributed by atoms with Gasteiger partial charge in [0.2, 0.25) is 20.9 Å². The van der Waals surface area contributed by atoms with E-state index in [0.717, 1.165) is 0 Å². The van der Waals surface area contributed by atoms with E-state index in [1.165, 1.54) is 35.2 Å². The summed E-state index contributed by atoms with van der Waals surface area (Å²) in [5.74, 6) is -1.30. The van der Waals surface area contributed by atoms with Gasteiger partial charge in [-0.3, -0.25) is 9.36 Å². The van der Waals surface area contributed by atoms with Crippen LogP contribution in [0, 0.1) is 5.82 Å². The number of carbonyl (C=O) groups is 1. The van der Waals surface area contributed by atoms with E-state index in [1.54, 1.807) is 18.2 Å². The Balaban J connectivity index is 1.59. The third kappa shape index (κ3) is 4.95. The maximum Gasteiger partial charge on any atom is 0.235 e. The number of aromatic nitrogens is 2. The molecule has 0 unspecified atom stereocenters. The second kappa shape index (κ2) is 8.66. The van der Waals surface area contributed by atoms with Crippen molar-refractivity contribution in [2.24, 2.45) is 0 Å². The van der Waals surface area contributed by atoms with Gasteiger partial charge in [-0.2, -0.15) is 0 Å². The highest BCUT2D eigenvalue weighted by Gasteiger charge is 2.25. The van der Waals surface area contributed by atoms with Crippen molar-refractivity contribution >= 4 is 15.7 Å². The van der Waals surface area contributed by atoms with Crippen LogP contribution in [-0.4, -0.2) is 42.8 Å². The highest BCUT2D eigenvalue weighted by molar-refractivity contribution is 7.92. The lowest BCUT2D eigenvalue weighted by Gasteiger charge is -2.10. The number of hydrogen-bond donors (Lipinski definition) is 1. The molecule has 0 saturated heterocycles. The van der Waals surface area contributed by atoms with Gasteiger partial charge in [0.05, 0.1) is 12.2 Å². The predicted molar refractivity (Wildman–Crippen MR) is 101 cm³/mol. The summed E-state index contributed by atoms with van der Waals surface area (Å²) in [7, 11) is -4.02. The van der Waals surface area contributed by atoms with Crippen LogP contribution in [0.25, 0.3) is 5.69 Å². The van der Waals surface area contributed by atoms with Crippen molar-refractivity contribution in [2.45, 2.75) is 5.16 Å². The Morgan fingerprint density at radius 3 is 2.68 bits per heavy atom. The molecule has 28 heavy (non-hydrogen) atoms. The van der Waals surface area contributed by atoms with Gasteiger partial charge < -0.3 is 10.1 Å². The van der Waals surface area contributed by atoms with E-state index in [4.69, 9.17) is 4.74 Å². The van der Waals surface area contributed by atoms with Gasteiger partial charge in [0.15, 0.2) is 0 Å². The Morgan fingerprint density at radius 2 is 1.93 bits per heavy atom. The van der Waals surface area contributed by atoms with Crippen LogP contribution in [0.2, 0.25) is 0 Å². The minimum absolute atomic E-state index is 0.154. The number of ether oxygens (including phenoxy) is 1. The topological polar surface area (TPSA) is 90.3 Å². The van der Waals surface area contributed by atoms with E-state index in [0.29, 0.717) is 11.4 Å². The number of rotatable bonds is 8. The van der Waals surface area contributed by atoms with Crippen LogP contribution in [0.4, 0.5) is 4.39 Å². The lowest BCUT2D eigenvalue weighted by Crippen LogP contribution is -2.34. The number of para-hydroxylation sites is 1. The van der Waals surface area contributed by atoms with Crippen LogP contribution in [0.15, 0.2) is 72.1 Å². The van der Waals surface area contributed by atoms with E-state index < -0.39 is 27.3 Å². The molecule has 1 amide bonds. The van der Waals surface area contributed by atoms with E-state index >= 15 is 0 Å². The number of nitrogens with one attached hydrogen (secondary N) is 1. The number of imidazole rings is 1. The van der Waals surface area contributed by atoms with Gasteiger partial charge in [-0.05, 0) is 30.3 Å². The molecule has 1 aromatic heterocycles. The molecule has 0 atom stereocenters. The average Bonchev–Trinajstić information content (AvgIpc) is 3.17. The highest BCUT2D eigenvalue weighted by Crippen LogP contribution is 2.17. The van der Waals surface area contributed by atoms with Crippen molar-refractivity contribution < 1.29 is 22.3 Å². The van der Waals surface area contributed by atoms with Crippen molar-refractivity contribution in [1.82, 2.24) is 14.9 Å². The molecule has 1 N–H and O–H groups in total. The van der Waals surface area contributed by atoms with Gasteiger partial charge in [0, 0.05) is 12.4 Å². The third-order valence-corrected chi connectivity index (χ3v) is 5.23. The number of benzene rings is 2. The summed E-state index contributed by atoms with van der Waals surface area (Å²) in [4.78, 5) is 15.9. The molecule has 0 aliphatic rings. The van der Waals surface area contributed by atoms with Crippen LogP contribution < -0.4 is 10.1 Å². The normalized spacial score (nSPS) is 11.2. The molecule has 0 saturated carbocycles. The lowest BCUT2D eigenvalue weighted by molar-refractivity contribution is -0.118. The maximum atomic E-state index is 13.4. The summed E-state index contributed by atoms with van der Waals surface area (Å²) in [6, 6.07) is 14.5. The van der Waals surface area contributed by atoms with Gasteiger partial charge in [-0.1, -0.05) is 24.3 Å².